The lowest BCUT2D eigenvalue weighted by molar-refractivity contribution is 0.408. The second-order valence-corrected chi connectivity index (χ2v) is 3.77. The third-order valence-electron chi connectivity index (χ3n) is 2.62. The highest BCUT2D eigenvalue weighted by Crippen LogP contribution is 2.35. The maximum Gasteiger partial charge on any atom is 0.172 e. The number of ether oxygens (including phenoxy) is 1. The van der Waals surface area contributed by atoms with E-state index < -0.39 is 0 Å². The molecule has 0 saturated heterocycles. The summed E-state index contributed by atoms with van der Waals surface area (Å²) in [6.07, 6.45) is 0. The Labute approximate surface area is 95.1 Å². The molecule has 2 rings (SSSR count). The van der Waals surface area contributed by atoms with Gasteiger partial charge in [-0.25, -0.2) is 0 Å². The summed E-state index contributed by atoms with van der Waals surface area (Å²) in [5, 5.41) is 9.75. The van der Waals surface area contributed by atoms with Crippen molar-refractivity contribution in [3.05, 3.63) is 53.6 Å². The Morgan fingerprint density at radius 2 is 1.62 bits per heavy atom. The molecule has 2 aromatic rings. The minimum absolute atomic E-state index is 0.173. The molecule has 0 aliphatic heterocycles. The van der Waals surface area contributed by atoms with Crippen LogP contribution in [0.3, 0.4) is 0 Å². The van der Waals surface area contributed by atoms with Crippen molar-refractivity contribution in [1.29, 1.82) is 0 Å². The molecule has 2 nitrogen and oxygen atoms in total. The molecule has 0 radical (unpaired) electrons. The second kappa shape index (κ2) is 4.27. The van der Waals surface area contributed by atoms with Gasteiger partial charge in [0.1, 0.15) is 5.75 Å². The standard InChI is InChI=1S/C14H14O2/c1-10-8-9-13(15)14(11(10)2)16-12-6-4-3-5-7-12/h3-9,15H,1-2H3. The number of hydrogen-bond acceptors (Lipinski definition) is 2. The topological polar surface area (TPSA) is 29.5 Å². The van der Waals surface area contributed by atoms with Crippen LogP contribution in [0.4, 0.5) is 0 Å². The van der Waals surface area contributed by atoms with E-state index in [9.17, 15) is 5.11 Å². The third kappa shape index (κ3) is 2.01. The number of phenolic OH excluding ortho intramolecular Hbond substituents is 1. The van der Waals surface area contributed by atoms with Gasteiger partial charge in [0.2, 0.25) is 0 Å². The molecule has 1 N–H and O–H groups in total. The van der Waals surface area contributed by atoms with Crippen molar-refractivity contribution in [2.24, 2.45) is 0 Å². The van der Waals surface area contributed by atoms with Crippen molar-refractivity contribution in [3.63, 3.8) is 0 Å². The lowest BCUT2D eigenvalue weighted by Crippen LogP contribution is -1.90. The monoisotopic (exact) mass is 214 g/mol. The highest BCUT2D eigenvalue weighted by atomic mass is 16.5. The van der Waals surface area contributed by atoms with Gasteiger partial charge in [-0.15, -0.1) is 0 Å². The molecule has 0 amide bonds. The van der Waals surface area contributed by atoms with Gasteiger partial charge in [-0.05, 0) is 43.2 Å². The first-order chi connectivity index (χ1) is 7.68. The average Bonchev–Trinajstić information content (AvgIpc) is 2.31. The molecule has 0 aliphatic carbocycles. The van der Waals surface area contributed by atoms with Gasteiger partial charge in [0.25, 0.3) is 0 Å². The van der Waals surface area contributed by atoms with E-state index in [1.807, 2.05) is 50.2 Å². The van der Waals surface area contributed by atoms with E-state index in [2.05, 4.69) is 0 Å². The molecule has 0 heterocycles. The van der Waals surface area contributed by atoms with E-state index in [0.717, 1.165) is 16.9 Å². The van der Waals surface area contributed by atoms with Crippen LogP contribution in [-0.2, 0) is 0 Å². The smallest absolute Gasteiger partial charge is 0.172 e. The minimum atomic E-state index is 0.173. The Hall–Kier alpha value is -1.96. The first-order valence-electron chi connectivity index (χ1n) is 5.20. The van der Waals surface area contributed by atoms with Gasteiger partial charge in [-0.1, -0.05) is 24.3 Å². The summed E-state index contributed by atoms with van der Waals surface area (Å²) >= 11 is 0. The number of benzene rings is 2. The molecule has 82 valence electrons. The van der Waals surface area contributed by atoms with Crippen LogP contribution in [0.15, 0.2) is 42.5 Å². The molecule has 2 aromatic carbocycles. The molecule has 2 heteroatoms. The first kappa shape index (κ1) is 10.6. The Kier molecular flexibility index (Phi) is 2.82. The van der Waals surface area contributed by atoms with E-state index >= 15 is 0 Å². The van der Waals surface area contributed by atoms with Crippen LogP contribution in [0.2, 0.25) is 0 Å². The third-order valence-corrected chi connectivity index (χ3v) is 2.62. The molecule has 0 unspecified atom stereocenters. The van der Waals surface area contributed by atoms with Crippen LogP contribution in [0.25, 0.3) is 0 Å². The van der Waals surface area contributed by atoms with Crippen LogP contribution in [0.5, 0.6) is 17.2 Å². The fourth-order valence-corrected chi connectivity index (χ4v) is 1.51. The van der Waals surface area contributed by atoms with Crippen molar-refractivity contribution < 1.29 is 9.84 Å². The van der Waals surface area contributed by atoms with E-state index in [0.29, 0.717) is 5.75 Å². The number of phenols is 1. The summed E-state index contributed by atoms with van der Waals surface area (Å²) in [5.41, 5.74) is 2.06. The quantitative estimate of drug-likeness (QED) is 0.823. The molecule has 0 saturated carbocycles. The molecular weight excluding hydrogens is 200 g/mol. The van der Waals surface area contributed by atoms with Crippen LogP contribution in [0.1, 0.15) is 11.1 Å². The zero-order valence-electron chi connectivity index (χ0n) is 9.40. The summed E-state index contributed by atoms with van der Waals surface area (Å²) in [6, 6.07) is 13.0. The normalized spacial score (nSPS) is 10.1. The number of hydrogen-bond donors (Lipinski definition) is 1. The molecule has 0 atom stereocenters. The summed E-state index contributed by atoms with van der Waals surface area (Å²) in [4.78, 5) is 0. The van der Waals surface area contributed by atoms with Gasteiger partial charge >= 0.3 is 0 Å². The van der Waals surface area contributed by atoms with Crippen molar-refractivity contribution in [1.82, 2.24) is 0 Å². The summed E-state index contributed by atoms with van der Waals surface area (Å²) in [6.45, 7) is 3.93. The van der Waals surface area contributed by atoms with E-state index in [-0.39, 0.29) is 5.75 Å². The van der Waals surface area contributed by atoms with Gasteiger partial charge < -0.3 is 9.84 Å². The molecule has 0 spiro atoms. The first-order valence-corrected chi connectivity index (χ1v) is 5.20. The maximum atomic E-state index is 9.75. The van der Waals surface area contributed by atoms with E-state index in [4.69, 9.17) is 4.74 Å². The van der Waals surface area contributed by atoms with Gasteiger partial charge in [0, 0.05) is 0 Å². The Morgan fingerprint density at radius 1 is 0.938 bits per heavy atom. The summed E-state index contributed by atoms with van der Waals surface area (Å²) in [5.74, 6) is 1.43. The SMILES string of the molecule is Cc1ccc(O)c(Oc2ccccc2)c1C. The van der Waals surface area contributed by atoms with Crippen LogP contribution in [0, 0.1) is 13.8 Å². The fourth-order valence-electron chi connectivity index (χ4n) is 1.51. The Balaban J connectivity index is 2.38. The number of aromatic hydroxyl groups is 1. The highest BCUT2D eigenvalue weighted by molar-refractivity contribution is 5.50. The lowest BCUT2D eigenvalue weighted by atomic mass is 10.1. The Bertz CT molecular complexity index is 490. The number of rotatable bonds is 2. The molecule has 0 aromatic heterocycles. The maximum absolute atomic E-state index is 9.75. The van der Waals surface area contributed by atoms with Gasteiger partial charge in [-0.2, -0.15) is 0 Å². The minimum Gasteiger partial charge on any atom is -0.504 e. The Morgan fingerprint density at radius 3 is 2.31 bits per heavy atom. The van der Waals surface area contributed by atoms with Crippen LogP contribution >= 0.6 is 0 Å². The van der Waals surface area contributed by atoms with E-state index in [1.54, 1.807) is 6.07 Å². The predicted octanol–water partition coefficient (Wildman–Crippen LogP) is 3.80. The number of para-hydroxylation sites is 1. The highest BCUT2D eigenvalue weighted by Gasteiger charge is 2.09. The predicted molar refractivity (Wildman–Crippen MR) is 64.1 cm³/mol. The van der Waals surface area contributed by atoms with Crippen LogP contribution < -0.4 is 4.74 Å². The fraction of sp³-hybridized carbons (Fsp3) is 0.143. The molecule has 16 heavy (non-hydrogen) atoms. The molecular formula is C14H14O2. The molecule has 0 bridgehead atoms. The summed E-state index contributed by atoms with van der Waals surface area (Å²) < 4.78 is 5.67. The van der Waals surface area contributed by atoms with Crippen molar-refractivity contribution in [2.45, 2.75) is 13.8 Å². The molecule has 0 aliphatic rings. The average molecular weight is 214 g/mol. The zero-order chi connectivity index (χ0) is 11.5. The van der Waals surface area contributed by atoms with Crippen molar-refractivity contribution >= 4 is 0 Å². The second-order valence-electron chi connectivity index (χ2n) is 3.77. The van der Waals surface area contributed by atoms with Crippen molar-refractivity contribution in [3.8, 4) is 17.2 Å². The van der Waals surface area contributed by atoms with Crippen LogP contribution in [-0.4, -0.2) is 5.11 Å². The number of aryl methyl sites for hydroxylation is 1. The van der Waals surface area contributed by atoms with E-state index in [1.165, 1.54) is 0 Å². The van der Waals surface area contributed by atoms with Gasteiger partial charge in [0.05, 0.1) is 0 Å². The molecule has 0 fully saturated rings. The largest absolute Gasteiger partial charge is 0.504 e. The van der Waals surface area contributed by atoms with Gasteiger partial charge in [-0.3, -0.25) is 0 Å². The van der Waals surface area contributed by atoms with Crippen molar-refractivity contribution in [2.75, 3.05) is 0 Å². The summed E-state index contributed by atoms with van der Waals surface area (Å²) in [7, 11) is 0. The zero-order valence-corrected chi connectivity index (χ0v) is 9.40. The van der Waals surface area contributed by atoms with Gasteiger partial charge in [0.15, 0.2) is 11.5 Å². The lowest BCUT2D eigenvalue weighted by Gasteiger charge is -2.12.